The molecule has 8 heteroatoms. The summed E-state index contributed by atoms with van der Waals surface area (Å²) in [5.41, 5.74) is 0.239. The van der Waals surface area contributed by atoms with E-state index < -0.39 is 0 Å². The van der Waals surface area contributed by atoms with Crippen LogP contribution in [0.2, 0.25) is 0 Å². The Kier molecular flexibility index (Phi) is 5.14. The van der Waals surface area contributed by atoms with E-state index >= 15 is 0 Å². The van der Waals surface area contributed by atoms with Crippen LogP contribution >= 0.6 is 11.3 Å². The van der Waals surface area contributed by atoms with Crippen molar-refractivity contribution in [3.8, 4) is 11.5 Å². The van der Waals surface area contributed by atoms with Gasteiger partial charge >= 0.3 is 0 Å². The summed E-state index contributed by atoms with van der Waals surface area (Å²) in [5.74, 6) is 0.714. The highest BCUT2D eigenvalue weighted by molar-refractivity contribution is 7.10. The largest absolute Gasteiger partial charge is 0.461 e. The Morgan fingerprint density at radius 3 is 2.88 bits per heavy atom. The van der Waals surface area contributed by atoms with Gasteiger partial charge in [-0.2, -0.15) is 0 Å². The number of nitrogens with zero attached hydrogens (tertiary/aromatic N) is 2. The van der Waals surface area contributed by atoms with Gasteiger partial charge < -0.3 is 19.0 Å². The number of furan rings is 1. The molecule has 1 saturated heterocycles. The van der Waals surface area contributed by atoms with Gasteiger partial charge in [0.1, 0.15) is 0 Å². The van der Waals surface area contributed by atoms with Crippen LogP contribution in [0.25, 0.3) is 11.5 Å². The normalized spacial score (nSPS) is 16.5. The minimum atomic E-state index is -0.263. The molecular formula is C18H19N3O4S. The monoisotopic (exact) mass is 373 g/mol. The van der Waals surface area contributed by atoms with Crippen LogP contribution in [0.15, 0.2) is 50.9 Å². The minimum absolute atomic E-state index is 0.124. The SMILES string of the molecule is O=C(NCC(c1cccs1)N1CCOCC1)c1cc(-c2ccco2)on1. The Morgan fingerprint density at radius 2 is 2.15 bits per heavy atom. The van der Waals surface area contributed by atoms with Gasteiger partial charge in [0.25, 0.3) is 5.91 Å². The van der Waals surface area contributed by atoms with Gasteiger partial charge in [-0.15, -0.1) is 11.3 Å². The topological polar surface area (TPSA) is 80.7 Å². The van der Waals surface area contributed by atoms with Crippen LogP contribution in [-0.4, -0.2) is 48.8 Å². The number of amides is 1. The minimum Gasteiger partial charge on any atom is -0.461 e. The van der Waals surface area contributed by atoms with E-state index in [1.807, 2.05) is 6.07 Å². The lowest BCUT2D eigenvalue weighted by Gasteiger charge is -2.34. The van der Waals surface area contributed by atoms with Gasteiger partial charge in [0.05, 0.1) is 25.5 Å². The molecule has 0 saturated carbocycles. The summed E-state index contributed by atoms with van der Waals surface area (Å²) in [6.45, 7) is 3.63. The number of carbonyl (C=O) groups excluding carboxylic acids is 1. The van der Waals surface area contributed by atoms with E-state index in [-0.39, 0.29) is 17.6 Å². The molecule has 4 heterocycles. The third-order valence-corrected chi connectivity index (χ3v) is 5.29. The van der Waals surface area contributed by atoms with Crippen LogP contribution in [0.4, 0.5) is 0 Å². The molecule has 1 amide bonds. The molecule has 7 nitrogen and oxygen atoms in total. The van der Waals surface area contributed by atoms with E-state index in [1.54, 1.807) is 35.8 Å². The first-order valence-electron chi connectivity index (χ1n) is 8.45. The van der Waals surface area contributed by atoms with Crippen molar-refractivity contribution in [3.05, 3.63) is 52.5 Å². The molecule has 0 aromatic carbocycles. The van der Waals surface area contributed by atoms with Gasteiger partial charge in [-0.1, -0.05) is 11.2 Å². The van der Waals surface area contributed by atoms with Crippen LogP contribution in [0, 0.1) is 0 Å². The van der Waals surface area contributed by atoms with Crippen molar-refractivity contribution >= 4 is 17.2 Å². The smallest absolute Gasteiger partial charge is 0.273 e. The average molecular weight is 373 g/mol. The van der Waals surface area contributed by atoms with Crippen molar-refractivity contribution < 1.29 is 18.5 Å². The van der Waals surface area contributed by atoms with Crippen molar-refractivity contribution in [2.24, 2.45) is 0 Å². The number of thiophene rings is 1. The van der Waals surface area contributed by atoms with E-state index in [9.17, 15) is 4.79 Å². The number of rotatable bonds is 6. The molecule has 0 bridgehead atoms. The molecule has 3 aromatic heterocycles. The quantitative estimate of drug-likeness (QED) is 0.716. The summed E-state index contributed by atoms with van der Waals surface area (Å²) in [6, 6.07) is 9.35. The van der Waals surface area contributed by atoms with Crippen LogP contribution in [0.1, 0.15) is 21.4 Å². The first-order chi connectivity index (χ1) is 12.8. The predicted octanol–water partition coefficient (Wildman–Crippen LogP) is 2.80. The first-order valence-corrected chi connectivity index (χ1v) is 9.33. The molecule has 0 radical (unpaired) electrons. The van der Waals surface area contributed by atoms with E-state index in [0.717, 1.165) is 13.1 Å². The maximum Gasteiger partial charge on any atom is 0.273 e. The Labute approximate surface area is 154 Å². The summed E-state index contributed by atoms with van der Waals surface area (Å²) in [6.07, 6.45) is 1.55. The highest BCUT2D eigenvalue weighted by Gasteiger charge is 2.25. The lowest BCUT2D eigenvalue weighted by molar-refractivity contribution is 0.0169. The van der Waals surface area contributed by atoms with Crippen molar-refractivity contribution in [2.75, 3.05) is 32.8 Å². The van der Waals surface area contributed by atoms with Gasteiger partial charge in [0.15, 0.2) is 11.5 Å². The van der Waals surface area contributed by atoms with E-state index in [4.69, 9.17) is 13.7 Å². The number of aromatic nitrogens is 1. The summed E-state index contributed by atoms with van der Waals surface area (Å²) < 4.78 is 15.9. The third kappa shape index (κ3) is 3.72. The fourth-order valence-electron chi connectivity index (χ4n) is 2.98. The Balaban J connectivity index is 1.43. The Hall–Kier alpha value is -2.42. The fourth-order valence-corrected chi connectivity index (χ4v) is 3.84. The first kappa shape index (κ1) is 17.0. The molecule has 136 valence electrons. The van der Waals surface area contributed by atoms with Crippen molar-refractivity contribution in [2.45, 2.75) is 6.04 Å². The highest BCUT2D eigenvalue weighted by Crippen LogP contribution is 2.26. The zero-order valence-corrected chi connectivity index (χ0v) is 14.9. The van der Waals surface area contributed by atoms with Crippen molar-refractivity contribution in [1.29, 1.82) is 0 Å². The summed E-state index contributed by atoms with van der Waals surface area (Å²) >= 11 is 1.69. The van der Waals surface area contributed by atoms with Gasteiger partial charge in [0, 0.05) is 30.6 Å². The fraction of sp³-hybridized carbons (Fsp3) is 0.333. The molecule has 1 fully saturated rings. The molecule has 1 atom stereocenters. The van der Waals surface area contributed by atoms with Crippen LogP contribution in [-0.2, 0) is 4.74 Å². The second-order valence-electron chi connectivity index (χ2n) is 5.94. The number of nitrogens with one attached hydrogen (secondary N) is 1. The Bertz CT molecular complexity index is 823. The lowest BCUT2D eigenvalue weighted by Crippen LogP contribution is -2.43. The van der Waals surface area contributed by atoms with Gasteiger partial charge in [-0.25, -0.2) is 0 Å². The standard InChI is InChI=1S/C18H19N3O4S/c22-18(13-11-16(25-20-13)15-3-1-7-24-15)19-12-14(17-4-2-10-26-17)21-5-8-23-9-6-21/h1-4,7,10-11,14H,5-6,8-9,12H2,(H,19,22). The summed E-state index contributed by atoms with van der Waals surface area (Å²) in [4.78, 5) is 16.0. The molecule has 1 unspecified atom stereocenters. The Morgan fingerprint density at radius 1 is 1.27 bits per heavy atom. The average Bonchev–Trinajstić information content (AvgIpc) is 3.43. The summed E-state index contributed by atoms with van der Waals surface area (Å²) in [7, 11) is 0. The van der Waals surface area contributed by atoms with Crippen LogP contribution in [0.5, 0.6) is 0 Å². The second-order valence-corrected chi connectivity index (χ2v) is 6.92. The number of hydrogen-bond donors (Lipinski definition) is 1. The molecular weight excluding hydrogens is 354 g/mol. The number of hydrogen-bond acceptors (Lipinski definition) is 7. The molecule has 0 spiro atoms. The van der Waals surface area contributed by atoms with Gasteiger partial charge in [-0.3, -0.25) is 9.69 Å². The molecule has 4 rings (SSSR count). The van der Waals surface area contributed by atoms with Crippen molar-refractivity contribution in [1.82, 2.24) is 15.4 Å². The van der Waals surface area contributed by atoms with E-state index in [2.05, 4.69) is 26.8 Å². The van der Waals surface area contributed by atoms with Crippen molar-refractivity contribution in [3.63, 3.8) is 0 Å². The van der Waals surface area contributed by atoms with E-state index in [0.29, 0.717) is 31.3 Å². The number of carbonyl (C=O) groups is 1. The number of morpholine rings is 1. The zero-order valence-electron chi connectivity index (χ0n) is 14.1. The molecule has 1 aliphatic heterocycles. The highest BCUT2D eigenvalue weighted by atomic mass is 32.1. The molecule has 26 heavy (non-hydrogen) atoms. The second kappa shape index (κ2) is 7.86. The maximum atomic E-state index is 12.5. The lowest BCUT2D eigenvalue weighted by atomic mass is 10.2. The third-order valence-electron chi connectivity index (χ3n) is 4.32. The maximum absolute atomic E-state index is 12.5. The molecule has 0 aliphatic carbocycles. The van der Waals surface area contributed by atoms with Gasteiger partial charge in [0.2, 0.25) is 5.76 Å². The molecule has 3 aromatic rings. The zero-order chi connectivity index (χ0) is 17.8. The predicted molar refractivity (Wildman–Crippen MR) is 96.0 cm³/mol. The molecule has 1 aliphatic rings. The number of ether oxygens (including phenoxy) is 1. The summed E-state index contributed by atoms with van der Waals surface area (Å²) in [5, 5.41) is 8.88. The van der Waals surface area contributed by atoms with E-state index in [1.165, 1.54) is 4.88 Å². The molecule has 1 N–H and O–H groups in total. The van der Waals surface area contributed by atoms with Crippen LogP contribution in [0.3, 0.4) is 0 Å². The van der Waals surface area contributed by atoms with Crippen LogP contribution < -0.4 is 5.32 Å². The van der Waals surface area contributed by atoms with Gasteiger partial charge in [-0.05, 0) is 23.6 Å².